The third kappa shape index (κ3) is 3.55. The molecule has 152 valence electrons. The van der Waals surface area contributed by atoms with E-state index in [1.165, 1.54) is 36.2 Å². The minimum Gasteiger partial charge on any atom is -0.369 e. The van der Waals surface area contributed by atoms with Gasteiger partial charge in [0.05, 0.1) is 11.7 Å². The Morgan fingerprint density at radius 1 is 1.00 bits per heavy atom. The fourth-order valence-electron chi connectivity index (χ4n) is 4.61. The molecule has 0 saturated carbocycles. The maximum atomic E-state index is 4.60. The second-order valence-corrected chi connectivity index (χ2v) is 8.35. The topological polar surface area (TPSA) is 53.3 Å². The van der Waals surface area contributed by atoms with E-state index in [2.05, 4.69) is 58.8 Å². The number of anilines is 2. The number of nitrogens with zero attached hydrogens (tertiary/aromatic N) is 7. The maximum absolute atomic E-state index is 4.60. The summed E-state index contributed by atoms with van der Waals surface area (Å²) in [4.78, 5) is 16.0. The summed E-state index contributed by atoms with van der Waals surface area (Å²) in [5, 5.41) is 5.71. The van der Waals surface area contributed by atoms with E-state index >= 15 is 0 Å². The van der Waals surface area contributed by atoms with Crippen molar-refractivity contribution < 1.29 is 0 Å². The Bertz CT molecular complexity index is 1000. The highest BCUT2D eigenvalue weighted by Crippen LogP contribution is 2.27. The Morgan fingerprint density at radius 3 is 2.69 bits per heavy atom. The largest absolute Gasteiger partial charge is 0.369 e. The highest BCUT2D eigenvalue weighted by molar-refractivity contribution is 5.91. The van der Waals surface area contributed by atoms with E-state index in [1.54, 1.807) is 6.33 Å². The second kappa shape index (κ2) is 7.63. The van der Waals surface area contributed by atoms with Gasteiger partial charge in [-0.1, -0.05) is 0 Å². The molecule has 3 aromatic rings. The predicted octanol–water partition coefficient (Wildman–Crippen LogP) is 2.55. The summed E-state index contributed by atoms with van der Waals surface area (Å²) in [5.41, 5.74) is 5.15. The summed E-state index contributed by atoms with van der Waals surface area (Å²) in [6, 6.07) is 6.55. The zero-order valence-corrected chi connectivity index (χ0v) is 17.4. The van der Waals surface area contributed by atoms with E-state index in [0.717, 1.165) is 56.0 Å². The van der Waals surface area contributed by atoms with Gasteiger partial charge in [-0.3, -0.25) is 9.58 Å². The average Bonchev–Trinajstić information content (AvgIpc) is 3.16. The lowest BCUT2D eigenvalue weighted by Crippen LogP contribution is -2.46. The highest BCUT2D eigenvalue weighted by atomic mass is 15.3. The summed E-state index contributed by atoms with van der Waals surface area (Å²) in [5.74, 6) is 0.974. The Morgan fingerprint density at radius 2 is 1.86 bits per heavy atom. The first kappa shape index (κ1) is 18.4. The van der Waals surface area contributed by atoms with Crippen molar-refractivity contribution in [2.75, 3.05) is 50.1 Å². The first-order chi connectivity index (χ1) is 14.2. The minimum absolute atomic E-state index is 0.974. The van der Waals surface area contributed by atoms with Gasteiger partial charge in [0.25, 0.3) is 0 Å². The lowest BCUT2D eigenvalue weighted by atomic mass is 10.1. The van der Waals surface area contributed by atoms with Gasteiger partial charge in [0.2, 0.25) is 0 Å². The van der Waals surface area contributed by atoms with Crippen LogP contribution >= 0.6 is 0 Å². The molecule has 2 aliphatic rings. The Balaban J connectivity index is 1.28. The molecule has 4 heterocycles. The molecule has 0 atom stereocenters. The average molecular weight is 392 g/mol. The summed E-state index contributed by atoms with van der Waals surface area (Å²) in [7, 11) is 4.06. The van der Waals surface area contributed by atoms with Gasteiger partial charge in [0.15, 0.2) is 0 Å². The molecule has 0 amide bonds. The normalized spacial score (nSPS) is 17.5. The molecule has 0 N–H and O–H groups in total. The first-order valence-electron chi connectivity index (χ1n) is 10.6. The lowest BCUT2D eigenvalue weighted by molar-refractivity contribution is 0.248. The van der Waals surface area contributed by atoms with Crippen LogP contribution in [0.3, 0.4) is 0 Å². The molecule has 1 saturated heterocycles. The zero-order valence-electron chi connectivity index (χ0n) is 17.4. The van der Waals surface area contributed by atoms with E-state index in [1.807, 2.05) is 14.1 Å². The van der Waals surface area contributed by atoms with Gasteiger partial charge in [-0.15, -0.1) is 0 Å². The quantitative estimate of drug-likeness (QED) is 0.681. The molecule has 1 fully saturated rings. The van der Waals surface area contributed by atoms with Crippen molar-refractivity contribution in [1.29, 1.82) is 0 Å². The molecule has 0 aliphatic carbocycles. The van der Waals surface area contributed by atoms with Crippen LogP contribution in [0, 0.1) is 0 Å². The number of aromatic nitrogens is 4. The molecular formula is C22H29N7. The number of rotatable bonds is 4. The molecule has 7 heteroatoms. The summed E-state index contributed by atoms with van der Waals surface area (Å²) in [6.07, 6.45) is 7.49. The number of hydrogen-bond donors (Lipinski definition) is 0. The third-order valence-corrected chi connectivity index (χ3v) is 6.22. The zero-order chi connectivity index (χ0) is 19.8. The third-order valence-electron chi connectivity index (χ3n) is 6.22. The Kier molecular flexibility index (Phi) is 4.83. The van der Waals surface area contributed by atoms with Gasteiger partial charge in [-0.25, -0.2) is 9.97 Å². The van der Waals surface area contributed by atoms with Gasteiger partial charge in [-0.05, 0) is 37.5 Å². The molecule has 2 aliphatic heterocycles. The van der Waals surface area contributed by atoms with Gasteiger partial charge >= 0.3 is 0 Å². The van der Waals surface area contributed by atoms with Crippen molar-refractivity contribution in [3.05, 3.63) is 42.0 Å². The molecule has 0 radical (unpaired) electrons. The van der Waals surface area contributed by atoms with Gasteiger partial charge in [0, 0.05) is 75.7 Å². The van der Waals surface area contributed by atoms with Gasteiger partial charge < -0.3 is 9.80 Å². The number of fused-ring (bicyclic) bond motifs is 2. The fraction of sp³-hybridized carbons (Fsp3) is 0.500. The van der Waals surface area contributed by atoms with Crippen LogP contribution in [0.25, 0.3) is 10.9 Å². The van der Waals surface area contributed by atoms with E-state index < -0.39 is 0 Å². The maximum Gasteiger partial charge on any atom is 0.139 e. The molecule has 0 unspecified atom stereocenters. The van der Waals surface area contributed by atoms with Crippen molar-refractivity contribution in [3.63, 3.8) is 0 Å². The van der Waals surface area contributed by atoms with Crippen LogP contribution in [0.1, 0.15) is 24.1 Å². The van der Waals surface area contributed by atoms with Crippen molar-refractivity contribution in [2.45, 2.75) is 32.4 Å². The van der Waals surface area contributed by atoms with Crippen LogP contribution < -0.4 is 9.80 Å². The van der Waals surface area contributed by atoms with Gasteiger partial charge in [-0.2, -0.15) is 5.10 Å². The second-order valence-electron chi connectivity index (χ2n) is 8.35. The highest BCUT2D eigenvalue weighted by Gasteiger charge is 2.21. The summed E-state index contributed by atoms with van der Waals surface area (Å²) >= 11 is 0. The number of aryl methyl sites for hydroxylation is 1. The van der Waals surface area contributed by atoms with Crippen LogP contribution in [-0.4, -0.2) is 64.9 Å². The van der Waals surface area contributed by atoms with Crippen LogP contribution in [-0.2, 0) is 19.5 Å². The van der Waals surface area contributed by atoms with Crippen LogP contribution in [0.2, 0.25) is 0 Å². The van der Waals surface area contributed by atoms with Crippen molar-refractivity contribution in [3.8, 4) is 0 Å². The minimum atomic E-state index is 0.974. The van der Waals surface area contributed by atoms with Crippen LogP contribution in [0.5, 0.6) is 0 Å². The van der Waals surface area contributed by atoms with E-state index in [4.69, 9.17) is 0 Å². The van der Waals surface area contributed by atoms with Crippen molar-refractivity contribution in [1.82, 2.24) is 24.6 Å². The molecule has 1 aromatic carbocycles. The first-order valence-corrected chi connectivity index (χ1v) is 10.6. The Labute approximate surface area is 171 Å². The van der Waals surface area contributed by atoms with E-state index in [-0.39, 0.29) is 0 Å². The number of benzene rings is 1. The molecular weight excluding hydrogens is 362 g/mol. The van der Waals surface area contributed by atoms with Crippen molar-refractivity contribution >= 4 is 22.4 Å². The summed E-state index contributed by atoms with van der Waals surface area (Å²) < 4.78 is 2.22. The summed E-state index contributed by atoms with van der Waals surface area (Å²) in [6.45, 7) is 6.35. The molecule has 0 spiro atoms. The Hall–Kier alpha value is -2.67. The standard InChI is InChI=1S/C22H29N7/c1-26(2)22-19-13-18(6-7-20(19)23-16-24-22)28-11-9-27(10-12-28)15-17-14-25-29-8-4-3-5-21(17)29/h6-7,13-14,16H,3-5,8-12,15H2,1-2H3. The number of hydrogen-bond acceptors (Lipinski definition) is 6. The van der Waals surface area contributed by atoms with E-state index in [9.17, 15) is 0 Å². The number of piperazine rings is 1. The smallest absolute Gasteiger partial charge is 0.139 e. The molecule has 2 aromatic heterocycles. The lowest BCUT2D eigenvalue weighted by Gasteiger charge is -2.36. The molecule has 7 nitrogen and oxygen atoms in total. The monoisotopic (exact) mass is 391 g/mol. The van der Waals surface area contributed by atoms with E-state index in [0.29, 0.717) is 0 Å². The van der Waals surface area contributed by atoms with Crippen molar-refractivity contribution in [2.24, 2.45) is 0 Å². The van der Waals surface area contributed by atoms with Crippen LogP contribution in [0.15, 0.2) is 30.7 Å². The fourth-order valence-corrected chi connectivity index (χ4v) is 4.61. The van der Waals surface area contributed by atoms with Gasteiger partial charge in [0.1, 0.15) is 12.1 Å². The molecule has 29 heavy (non-hydrogen) atoms. The SMILES string of the molecule is CN(C)c1ncnc2ccc(N3CCN(Cc4cnn5c4CCCC5)CC3)cc12. The predicted molar refractivity (Wildman–Crippen MR) is 117 cm³/mol. The molecule has 5 rings (SSSR count). The van der Waals surface area contributed by atoms with Crippen LogP contribution in [0.4, 0.5) is 11.5 Å². The molecule has 0 bridgehead atoms.